The quantitative estimate of drug-likeness (QED) is 0.430. The lowest BCUT2D eigenvalue weighted by Gasteiger charge is -2.17. The molecule has 1 aliphatic carbocycles. The first-order valence-electron chi connectivity index (χ1n) is 9.63. The summed E-state index contributed by atoms with van der Waals surface area (Å²) in [6.07, 6.45) is 4.39. The number of carbonyl (C=O) groups excluding carboxylic acids is 1. The number of fused-ring (bicyclic) bond motifs is 1. The van der Waals surface area contributed by atoms with Crippen LogP contribution in [0, 0.1) is 0 Å². The number of benzene rings is 2. The molecule has 5 nitrogen and oxygen atoms in total. The normalized spacial score (nSPS) is 17.3. The lowest BCUT2D eigenvalue weighted by molar-refractivity contribution is -0.118. The fourth-order valence-electron chi connectivity index (χ4n) is 3.59. The Kier molecular flexibility index (Phi) is 5.92. The molecule has 0 aliphatic heterocycles. The minimum absolute atomic E-state index is 0.180. The number of Topliss-reactive ketones (excluding diaryl/α,β-unsaturated/α-hetero) is 1. The van der Waals surface area contributed by atoms with Crippen LogP contribution in [0.15, 0.2) is 52.4 Å². The molecule has 1 aromatic heterocycles. The second-order valence-corrected chi connectivity index (χ2v) is 8.62. The summed E-state index contributed by atoms with van der Waals surface area (Å²) in [4.78, 5) is 30.7. The molecule has 0 radical (unpaired) electrons. The number of aromatic nitrogens is 2. The average Bonchev–Trinajstić information content (AvgIpc) is 2.92. The SMILES string of the molecule is COc1ccc(-n2c(S[C@H]3CCCCCC3=O)nc3ccccc3c2=O)cc1Cl. The average molecular weight is 429 g/mol. The van der Waals surface area contributed by atoms with Crippen LogP contribution in [0.3, 0.4) is 0 Å². The van der Waals surface area contributed by atoms with Crippen LogP contribution in [-0.2, 0) is 4.79 Å². The number of halogens is 1. The van der Waals surface area contributed by atoms with Crippen LogP contribution in [0.4, 0.5) is 0 Å². The van der Waals surface area contributed by atoms with E-state index in [1.54, 1.807) is 35.9 Å². The van der Waals surface area contributed by atoms with E-state index in [1.165, 1.54) is 11.8 Å². The summed E-state index contributed by atoms with van der Waals surface area (Å²) >= 11 is 7.70. The monoisotopic (exact) mass is 428 g/mol. The van der Waals surface area contributed by atoms with Crippen LogP contribution in [0.5, 0.6) is 5.75 Å². The van der Waals surface area contributed by atoms with Gasteiger partial charge in [0.15, 0.2) is 5.16 Å². The molecule has 3 aromatic rings. The highest BCUT2D eigenvalue weighted by Gasteiger charge is 2.25. The zero-order valence-electron chi connectivity index (χ0n) is 16.1. The van der Waals surface area contributed by atoms with E-state index in [9.17, 15) is 9.59 Å². The van der Waals surface area contributed by atoms with Gasteiger partial charge in [0.25, 0.3) is 5.56 Å². The van der Waals surface area contributed by atoms with Crippen LogP contribution < -0.4 is 10.3 Å². The molecule has 0 unspecified atom stereocenters. The van der Waals surface area contributed by atoms with E-state index in [0.29, 0.717) is 38.9 Å². The van der Waals surface area contributed by atoms with E-state index >= 15 is 0 Å². The third-order valence-electron chi connectivity index (χ3n) is 5.13. The van der Waals surface area contributed by atoms with Gasteiger partial charge in [-0.1, -0.05) is 48.3 Å². The van der Waals surface area contributed by atoms with E-state index in [-0.39, 0.29) is 16.6 Å². The lowest BCUT2D eigenvalue weighted by atomic mass is 10.2. The number of nitrogens with zero attached hydrogens (tertiary/aromatic N) is 2. The number of ether oxygens (including phenoxy) is 1. The lowest BCUT2D eigenvalue weighted by Crippen LogP contribution is -2.24. The third-order valence-corrected chi connectivity index (χ3v) is 6.70. The molecule has 1 aliphatic rings. The largest absolute Gasteiger partial charge is 0.495 e. The zero-order chi connectivity index (χ0) is 20.4. The summed E-state index contributed by atoms with van der Waals surface area (Å²) in [5, 5.41) is 1.25. The molecule has 0 bridgehead atoms. The zero-order valence-corrected chi connectivity index (χ0v) is 17.6. The van der Waals surface area contributed by atoms with Crippen LogP contribution in [0.1, 0.15) is 32.1 Å². The maximum atomic E-state index is 13.4. The highest BCUT2D eigenvalue weighted by atomic mass is 35.5. The minimum atomic E-state index is -0.189. The third kappa shape index (κ3) is 4.05. The number of hydrogen-bond acceptors (Lipinski definition) is 5. The first-order valence-corrected chi connectivity index (χ1v) is 10.9. The van der Waals surface area contributed by atoms with Gasteiger partial charge in [-0.15, -0.1) is 0 Å². The molecule has 1 fully saturated rings. The Morgan fingerprint density at radius 3 is 2.76 bits per heavy atom. The molecule has 0 saturated heterocycles. The smallest absolute Gasteiger partial charge is 0.266 e. The Morgan fingerprint density at radius 2 is 1.97 bits per heavy atom. The predicted octanol–water partition coefficient (Wildman–Crippen LogP) is 5.04. The highest BCUT2D eigenvalue weighted by molar-refractivity contribution is 8.00. The van der Waals surface area contributed by atoms with Crippen LogP contribution in [0.2, 0.25) is 5.02 Å². The molecule has 0 amide bonds. The summed E-state index contributed by atoms with van der Waals surface area (Å²) in [6, 6.07) is 12.5. The minimum Gasteiger partial charge on any atom is -0.495 e. The van der Waals surface area contributed by atoms with Gasteiger partial charge in [-0.2, -0.15) is 0 Å². The Hall–Kier alpha value is -2.31. The first kappa shape index (κ1) is 20.0. The van der Waals surface area contributed by atoms with Gasteiger partial charge in [0.05, 0.1) is 34.0 Å². The fraction of sp³-hybridized carbons (Fsp3) is 0.318. The summed E-state index contributed by atoms with van der Waals surface area (Å²) in [5.74, 6) is 0.764. The molecular weight excluding hydrogens is 408 g/mol. The number of carbonyl (C=O) groups is 1. The number of thioether (sulfide) groups is 1. The van der Waals surface area contributed by atoms with Gasteiger partial charge in [0, 0.05) is 6.42 Å². The standard InChI is InChI=1S/C22H21ClN2O3S/c1-28-19-12-11-14(13-16(19)23)25-21(27)15-7-5-6-8-17(15)24-22(25)29-20-10-4-2-3-9-18(20)26/h5-8,11-13,20H,2-4,9-10H2,1H3/t20-/m0/s1. The Labute approximate surface area is 178 Å². The molecule has 0 N–H and O–H groups in total. The topological polar surface area (TPSA) is 61.2 Å². The molecule has 0 spiro atoms. The molecule has 29 heavy (non-hydrogen) atoms. The molecule has 2 aromatic carbocycles. The Balaban J connectivity index is 1.88. The summed E-state index contributed by atoms with van der Waals surface area (Å²) < 4.78 is 6.78. The van der Waals surface area contributed by atoms with Gasteiger partial charge in [-0.3, -0.25) is 14.2 Å². The van der Waals surface area contributed by atoms with Crippen molar-refractivity contribution in [1.29, 1.82) is 0 Å². The summed E-state index contributed by atoms with van der Waals surface area (Å²) in [6.45, 7) is 0. The molecule has 1 atom stereocenters. The molecule has 1 heterocycles. The number of ketones is 1. The molecule has 4 rings (SSSR count). The van der Waals surface area contributed by atoms with Crippen molar-refractivity contribution in [2.24, 2.45) is 0 Å². The molecular formula is C22H21ClN2O3S. The number of methoxy groups -OCH3 is 1. The van der Waals surface area contributed by atoms with E-state index < -0.39 is 0 Å². The molecule has 1 saturated carbocycles. The van der Waals surface area contributed by atoms with Gasteiger partial charge in [0.2, 0.25) is 0 Å². The van der Waals surface area contributed by atoms with Crippen molar-refractivity contribution in [3.8, 4) is 11.4 Å². The van der Waals surface area contributed by atoms with Crippen molar-refractivity contribution in [2.75, 3.05) is 7.11 Å². The van der Waals surface area contributed by atoms with Gasteiger partial charge in [-0.25, -0.2) is 4.98 Å². The first-order chi connectivity index (χ1) is 14.1. The van der Waals surface area contributed by atoms with Gasteiger partial charge in [0.1, 0.15) is 11.5 Å². The van der Waals surface area contributed by atoms with Gasteiger partial charge < -0.3 is 4.74 Å². The fourth-order valence-corrected chi connectivity index (χ4v) is 5.08. The van der Waals surface area contributed by atoms with Crippen molar-refractivity contribution in [3.05, 3.63) is 57.8 Å². The van der Waals surface area contributed by atoms with Gasteiger partial charge in [-0.05, 0) is 43.2 Å². The van der Waals surface area contributed by atoms with Crippen molar-refractivity contribution >= 4 is 40.0 Å². The summed E-state index contributed by atoms with van der Waals surface area (Å²) in [7, 11) is 1.55. The van der Waals surface area contributed by atoms with Crippen LogP contribution in [0.25, 0.3) is 16.6 Å². The van der Waals surface area contributed by atoms with Crippen LogP contribution >= 0.6 is 23.4 Å². The molecule has 7 heteroatoms. The van der Waals surface area contributed by atoms with E-state index in [0.717, 1.165) is 25.7 Å². The van der Waals surface area contributed by atoms with Crippen LogP contribution in [-0.4, -0.2) is 27.7 Å². The van der Waals surface area contributed by atoms with Crippen molar-refractivity contribution in [3.63, 3.8) is 0 Å². The van der Waals surface area contributed by atoms with Crippen molar-refractivity contribution in [2.45, 2.75) is 42.5 Å². The van der Waals surface area contributed by atoms with Crippen molar-refractivity contribution < 1.29 is 9.53 Å². The Bertz CT molecular complexity index is 1130. The maximum absolute atomic E-state index is 13.4. The second kappa shape index (κ2) is 8.59. The van der Waals surface area contributed by atoms with E-state index in [2.05, 4.69) is 0 Å². The highest BCUT2D eigenvalue weighted by Crippen LogP contribution is 2.33. The number of rotatable bonds is 4. The van der Waals surface area contributed by atoms with E-state index in [4.69, 9.17) is 21.3 Å². The molecule has 150 valence electrons. The maximum Gasteiger partial charge on any atom is 0.266 e. The summed E-state index contributed by atoms with van der Waals surface area (Å²) in [5.41, 5.74) is 1.04. The second-order valence-electron chi connectivity index (χ2n) is 7.04. The van der Waals surface area contributed by atoms with E-state index in [1.807, 2.05) is 18.2 Å². The number of para-hydroxylation sites is 1. The van der Waals surface area contributed by atoms with Crippen molar-refractivity contribution in [1.82, 2.24) is 9.55 Å². The number of hydrogen-bond donors (Lipinski definition) is 0. The predicted molar refractivity (Wildman–Crippen MR) is 117 cm³/mol. The van der Waals surface area contributed by atoms with Gasteiger partial charge >= 0.3 is 0 Å². The Morgan fingerprint density at radius 1 is 1.14 bits per heavy atom.